The van der Waals surface area contributed by atoms with E-state index in [0.29, 0.717) is 6.73 Å². The van der Waals surface area contributed by atoms with E-state index in [2.05, 4.69) is 59.5 Å². The first-order valence-electron chi connectivity index (χ1n) is 7.24. The van der Waals surface area contributed by atoms with Gasteiger partial charge in [0.25, 0.3) is 0 Å². The Bertz CT molecular complexity index is 847. The van der Waals surface area contributed by atoms with Crippen molar-refractivity contribution in [1.82, 2.24) is 9.47 Å². The van der Waals surface area contributed by atoms with Gasteiger partial charge in [-0.15, -0.1) is 6.58 Å². The second kappa shape index (κ2) is 4.64. The summed E-state index contributed by atoms with van der Waals surface area (Å²) in [6.45, 7) is 6.21. The fourth-order valence-corrected chi connectivity index (χ4v) is 3.24. The summed E-state index contributed by atoms with van der Waals surface area (Å²) >= 11 is 0. The fourth-order valence-electron chi connectivity index (χ4n) is 3.24. The van der Waals surface area contributed by atoms with Crippen molar-refractivity contribution >= 4 is 21.8 Å². The van der Waals surface area contributed by atoms with Crippen molar-refractivity contribution in [3.05, 3.63) is 54.6 Å². The molecule has 3 aromatic rings. The van der Waals surface area contributed by atoms with Gasteiger partial charge in [0.1, 0.15) is 12.5 Å². The Balaban J connectivity index is 1.93. The summed E-state index contributed by atoms with van der Waals surface area (Å²) in [6.07, 6.45) is 1.92. The molecule has 3 nitrogen and oxygen atoms in total. The van der Waals surface area contributed by atoms with Crippen LogP contribution in [-0.4, -0.2) is 22.7 Å². The highest BCUT2D eigenvalue weighted by Gasteiger charge is 2.19. The number of ether oxygens (including phenoxy) is 1. The van der Waals surface area contributed by atoms with Crippen LogP contribution in [0.25, 0.3) is 21.8 Å². The number of hydrogen-bond acceptors (Lipinski definition) is 2. The van der Waals surface area contributed by atoms with Crippen LogP contribution in [0, 0.1) is 0 Å². The Kier molecular flexibility index (Phi) is 2.76. The lowest BCUT2D eigenvalue weighted by molar-refractivity contribution is 0.107. The molecule has 0 amide bonds. The SMILES string of the molecule is C=CCN1COc2cc3c(cc2C1)c1ccccc1n3C. The topological polar surface area (TPSA) is 17.4 Å². The van der Waals surface area contributed by atoms with Crippen LogP contribution in [0.1, 0.15) is 5.56 Å². The first kappa shape index (κ1) is 12.5. The quantitative estimate of drug-likeness (QED) is 0.665. The fraction of sp³-hybridized carbons (Fsp3) is 0.222. The Morgan fingerprint density at radius 3 is 2.90 bits per heavy atom. The molecule has 0 saturated carbocycles. The van der Waals surface area contributed by atoms with Crippen molar-refractivity contribution in [3.8, 4) is 5.75 Å². The second-order valence-corrected chi connectivity index (χ2v) is 5.63. The first-order valence-corrected chi connectivity index (χ1v) is 7.24. The molecule has 1 aliphatic rings. The summed E-state index contributed by atoms with van der Waals surface area (Å²) < 4.78 is 8.15. The van der Waals surface area contributed by atoms with E-state index in [1.807, 2.05) is 6.08 Å². The molecule has 21 heavy (non-hydrogen) atoms. The highest BCUT2D eigenvalue weighted by molar-refractivity contribution is 6.08. The molecule has 0 fully saturated rings. The zero-order valence-electron chi connectivity index (χ0n) is 12.2. The van der Waals surface area contributed by atoms with Crippen molar-refractivity contribution < 1.29 is 4.74 Å². The third-order valence-electron chi connectivity index (χ3n) is 4.28. The Hall–Kier alpha value is -2.26. The second-order valence-electron chi connectivity index (χ2n) is 5.63. The lowest BCUT2D eigenvalue weighted by Crippen LogP contribution is -2.31. The lowest BCUT2D eigenvalue weighted by atomic mass is 10.1. The van der Waals surface area contributed by atoms with E-state index in [9.17, 15) is 0 Å². The number of fused-ring (bicyclic) bond motifs is 4. The van der Waals surface area contributed by atoms with Gasteiger partial charge in [0, 0.05) is 48.1 Å². The van der Waals surface area contributed by atoms with Crippen LogP contribution in [0.4, 0.5) is 0 Å². The summed E-state index contributed by atoms with van der Waals surface area (Å²) in [7, 11) is 2.11. The van der Waals surface area contributed by atoms with Crippen LogP contribution in [0.2, 0.25) is 0 Å². The number of nitrogens with zero attached hydrogens (tertiary/aromatic N) is 2. The minimum atomic E-state index is 0.633. The molecule has 0 unspecified atom stereocenters. The van der Waals surface area contributed by atoms with Crippen molar-refractivity contribution in [1.29, 1.82) is 0 Å². The molecular weight excluding hydrogens is 260 g/mol. The number of benzene rings is 2. The Morgan fingerprint density at radius 1 is 1.19 bits per heavy atom. The molecule has 0 radical (unpaired) electrons. The average molecular weight is 278 g/mol. The van der Waals surface area contributed by atoms with Crippen LogP contribution >= 0.6 is 0 Å². The van der Waals surface area contributed by atoms with Gasteiger partial charge >= 0.3 is 0 Å². The minimum Gasteiger partial charge on any atom is -0.478 e. The van der Waals surface area contributed by atoms with Crippen molar-refractivity contribution in [3.63, 3.8) is 0 Å². The van der Waals surface area contributed by atoms with Crippen LogP contribution < -0.4 is 4.74 Å². The van der Waals surface area contributed by atoms with Crippen LogP contribution in [0.5, 0.6) is 5.75 Å². The van der Waals surface area contributed by atoms with E-state index in [4.69, 9.17) is 4.74 Å². The molecule has 0 N–H and O–H groups in total. The van der Waals surface area contributed by atoms with Crippen molar-refractivity contribution in [2.45, 2.75) is 6.54 Å². The molecule has 0 spiro atoms. The summed E-state index contributed by atoms with van der Waals surface area (Å²) in [5, 5.41) is 2.61. The number of aromatic nitrogens is 1. The molecule has 106 valence electrons. The molecule has 1 aliphatic heterocycles. The van der Waals surface area contributed by atoms with Gasteiger partial charge < -0.3 is 9.30 Å². The van der Waals surface area contributed by atoms with Gasteiger partial charge in [-0.2, -0.15) is 0 Å². The van der Waals surface area contributed by atoms with Crippen molar-refractivity contribution in [2.24, 2.45) is 7.05 Å². The van der Waals surface area contributed by atoms with Gasteiger partial charge in [0.2, 0.25) is 0 Å². The highest BCUT2D eigenvalue weighted by Crippen LogP contribution is 2.35. The molecule has 1 aromatic heterocycles. The van der Waals surface area contributed by atoms with Gasteiger partial charge in [-0.25, -0.2) is 0 Å². The molecule has 0 saturated heterocycles. The summed E-state index contributed by atoms with van der Waals surface area (Å²) in [5.41, 5.74) is 3.75. The van der Waals surface area contributed by atoms with E-state index in [-0.39, 0.29) is 0 Å². The highest BCUT2D eigenvalue weighted by atomic mass is 16.5. The van der Waals surface area contributed by atoms with Crippen LogP contribution in [0.3, 0.4) is 0 Å². The van der Waals surface area contributed by atoms with Gasteiger partial charge in [-0.1, -0.05) is 24.3 Å². The first-order chi connectivity index (χ1) is 10.3. The van der Waals surface area contributed by atoms with Crippen molar-refractivity contribution in [2.75, 3.05) is 13.3 Å². The Labute approximate surface area is 124 Å². The average Bonchev–Trinajstić information content (AvgIpc) is 2.79. The van der Waals surface area contributed by atoms with Crippen LogP contribution in [0.15, 0.2) is 49.1 Å². The van der Waals surface area contributed by atoms with E-state index in [0.717, 1.165) is 18.8 Å². The Morgan fingerprint density at radius 2 is 2.05 bits per heavy atom. The number of rotatable bonds is 2. The lowest BCUT2D eigenvalue weighted by Gasteiger charge is -2.28. The molecule has 0 aliphatic carbocycles. The summed E-state index contributed by atoms with van der Waals surface area (Å²) in [6, 6.07) is 13.0. The maximum absolute atomic E-state index is 5.91. The maximum Gasteiger partial charge on any atom is 0.142 e. The molecule has 0 bridgehead atoms. The zero-order chi connectivity index (χ0) is 14.4. The predicted octanol–water partition coefficient (Wildman–Crippen LogP) is 3.67. The predicted molar refractivity (Wildman–Crippen MR) is 86.5 cm³/mol. The van der Waals surface area contributed by atoms with Gasteiger partial charge in [-0.3, -0.25) is 4.90 Å². The number of aryl methyl sites for hydroxylation is 1. The third-order valence-corrected chi connectivity index (χ3v) is 4.28. The van der Waals surface area contributed by atoms with Gasteiger partial charge in [0.05, 0.1) is 5.52 Å². The third kappa shape index (κ3) is 1.85. The minimum absolute atomic E-state index is 0.633. The number of hydrogen-bond donors (Lipinski definition) is 0. The maximum atomic E-state index is 5.91. The van der Waals surface area contributed by atoms with Gasteiger partial charge in [0.15, 0.2) is 0 Å². The summed E-state index contributed by atoms with van der Waals surface area (Å²) in [4.78, 5) is 2.24. The molecule has 0 atom stereocenters. The summed E-state index contributed by atoms with van der Waals surface area (Å²) in [5.74, 6) is 1.01. The number of para-hydroxylation sites is 1. The molecule has 2 aromatic carbocycles. The van der Waals surface area contributed by atoms with E-state index < -0.39 is 0 Å². The normalized spacial score (nSPS) is 15.1. The van der Waals surface area contributed by atoms with E-state index >= 15 is 0 Å². The molecule has 3 heteroatoms. The van der Waals surface area contributed by atoms with E-state index in [1.54, 1.807) is 0 Å². The zero-order valence-corrected chi connectivity index (χ0v) is 12.2. The smallest absolute Gasteiger partial charge is 0.142 e. The standard InChI is InChI=1S/C18H18N2O/c1-3-8-20-11-13-9-15-14-6-4-5-7-16(14)19(2)17(15)10-18(13)21-12-20/h3-7,9-10H,1,8,11-12H2,2H3. The van der Waals surface area contributed by atoms with Gasteiger partial charge in [-0.05, 0) is 12.1 Å². The monoisotopic (exact) mass is 278 g/mol. The molecule has 2 heterocycles. The van der Waals surface area contributed by atoms with E-state index in [1.165, 1.54) is 27.4 Å². The van der Waals surface area contributed by atoms with Crippen LogP contribution in [-0.2, 0) is 13.6 Å². The largest absolute Gasteiger partial charge is 0.478 e. The molecular formula is C18H18N2O. The molecule has 4 rings (SSSR count).